The first-order valence-corrected chi connectivity index (χ1v) is 12.5. The lowest BCUT2D eigenvalue weighted by Crippen LogP contribution is -2.20. The van der Waals surface area contributed by atoms with Gasteiger partial charge < -0.3 is 14.2 Å². The van der Waals surface area contributed by atoms with E-state index < -0.39 is 0 Å². The van der Waals surface area contributed by atoms with E-state index in [1.165, 1.54) is 11.8 Å². The maximum absolute atomic E-state index is 12.5. The Morgan fingerprint density at radius 3 is 2.49 bits per heavy atom. The third-order valence-corrected chi connectivity index (χ3v) is 6.16. The largest absolute Gasteiger partial charge is 0.493 e. The Bertz CT molecular complexity index is 1370. The molecule has 3 aromatic carbocycles. The third-order valence-electron chi connectivity index (χ3n) is 5.23. The van der Waals surface area contributed by atoms with Crippen LogP contribution in [0, 0.1) is 0 Å². The number of benzene rings is 3. The predicted octanol–water partition coefficient (Wildman–Crippen LogP) is 4.59. The molecule has 1 N–H and O–H groups in total. The minimum Gasteiger partial charge on any atom is -0.493 e. The van der Waals surface area contributed by atoms with E-state index in [2.05, 4.69) is 20.7 Å². The standard InChI is InChI=1S/C27H27N5O4S/c1-4-36-22-13-9-8-10-20(22)17-28-29-25(33)18-37-27-31-30-26(32(27)21-11-6-5-7-12-21)19-14-15-23(34-2)24(16-19)35-3/h5-17H,4,18H2,1-3H3,(H,29,33)/b28-17-. The van der Waals surface area contributed by atoms with Crippen LogP contribution >= 0.6 is 11.8 Å². The van der Waals surface area contributed by atoms with E-state index in [0.29, 0.717) is 34.8 Å². The molecule has 0 saturated heterocycles. The first-order valence-electron chi connectivity index (χ1n) is 11.5. The van der Waals surface area contributed by atoms with Crippen LogP contribution in [0.4, 0.5) is 0 Å². The highest BCUT2D eigenvalue weighted by Crippen LogP contribution is 2.34. The van der Waals surface area contributed by atoms with Crippen LogP contribution in [0.5, 0.6) is 17.2 Å². The molecule has 0 radical (unpaired) electrons. The quantitative estimate of drug-likeness (QED) is 0.176. The van der Waals surface area contributed by atoms with Gasteiger partial charge in [-0.1, -0.05) is 42.1 Å². The van der Waals surface area contributed by atoms with Crippen LogP contribution in [0.25, 0.3) is 17.1 Å². The van der Waals surface area contributed by atoms with Gasteiger partial charge in [-0.05, 0) is 49.4 Å². The Kier molecular flexibility index (Phi) is 8.77. The Morgan fingerprint density at radius 1 is 0.973 bits per heavy atom. The number of hydrogen-bond acceptors (Lipinski definition) is 8. The second-order valence-corrected chi connectivity index (χ2v) is 8.54. The number of hydrogen-bond donors (Lipinski definition) is 1. The summed E-state index contributed by atoms with van der Waals surface area (Å²) in [5.74, 6) is 2.34. The van der Waals surface area contributed by atoms with Crippen LogP contribution in [0.15, 0.2) is 83.1 Å². The molecule has 0 aliphatic heterocycles. The highest BCUT2D eigenvalue weighted by atomic mass is 32.2. The zero-order chi connectivity index (χ0) is 26.0. The first-order chi connectivity index (χ1) is 18.1. The number of nitrogens with zero attached hydrogens (tertiary/aromatic N) is 4. The SMILES string of the molecule is CCOc1ccccc1/C=N\NC(=O)CSc1nnc(-c2ccc(OC)c(OC)c2)n1-c1ccccc1. The molecule has 1 amide bonds. The fourth-order valence-corrected chi connectivity index (χ4v) is 4.29. The molecule has 0 fully saturated rings. The Balaban J connectivity index is 1.52. The van der Waals surface area contributed by atoms with E-state index in [1.807, 2.05) is 84.3 Å². The van der Waals surface area contributed by atoms with E-state index in [9.17, 15) is 4.79 Å². The summed E-state index contributed by atoms with van der Waals surface area (Å²) in [6.07, 6.45) is 1.56. The number of aromatic nitrogens is 3. The molecular formula is C27H27N5O4S. The van der Waals surface area contributed by atoms with Gasteiger partial charge in [0.1, 0.15) is 5.75 Å². The number of carbonyl (C=O) groups excluding carboxylic acids is 1. The molecule has 10 heteroatoms. The zero-order valence-electron chi connectivity index (χ0n) is 20.7. The number of hydrazone groups is 1. The molecule has 1 aromatic heterocycles. The van der Waals surface area contributed by atoms with Crippen LogP contribution in [0.3, 0.4) is 0 Å². The topological polar surface area (TPSA) is 99.9 Å². The van der Waals surface area contributed by atoms with Gasteiger partial charge in [-0.3, -0.25) is 9.36 Å². The van der Waals surface area contributed by atoms with Gasteiger partial charge in [-0.25, -0.2) is 5.43 Å². The number of ether oxygens (including phenoxy) is 3. The number of thioether (sulfide) groups is 1. The molecule has 37 heavy (non-hydrogen) atoms. The van der Waals surface area contributed by atoms with E-state index >= 15 is 0 Å². The average Bonchev–Trinajstić information content (AvgIpc) is 3.37. The number of amides is 1. The van der Waals surface area contributed by atoms with Gasteiger partial charge in [0, 0.05) is 16.8 Å². The molecule has 0 spiro atoms. The van der Waals surface area contributed by atoms with Crippen LogP contribution in [0.2, 0.25) is 0 Å². The Labute approximate surface area is 219 Å². The smallest absolute Gasteiger partial charge is 0.250 e. The minimum absolute atomic E-state index is 0.0986. The maximum atomic E-state index is 12.5. The summed E-state index contributed by atoms with van der Waals surface area (Å²) in [7, 11) is 3.17. The molecule has 0 bridgehead atoms. The molecule has 0 aliphatic rings. The van der Waals surface area contributed by atoms with Gasteiger partial charge in [-0.15, -0.1) is 10.2 Å². The van der Waals surface area contributed by atoms with Gasteiger partial charge >= 0.3 is 0 Å². The minimum atomic E-state index is -0.273. The molecule has 4 aromatic rings. The molecule has 190 valence electrons. The van der Waals surface area contributed by atoms with Crippen molar-refractivity contribution in [2.45, 2.75) is 12.1 Å². The van der Waals surface area contributed by atoms with Crippen molar-refractivity contribution in [3.8, 4) is 34.3 Å². The van der Waals surface area contributed by atoms with Gasteiger partial charge in [0.2, 0.25) is 0 Å². The van der Waals surface area contributed by atoms with Crippen molar-refractivity contribution in [2.75, 3.05) is 26.6 Å². The molecule has 0 atom stereocenters. The van der Waals surface area contributed by atoms with Gasteiger partial charge in [0.05, 0.1) is 32.8 Å². The highest BCUT2D eigenvalue weighted by Gasteiger charge is 2.18. The summed E-state index contributed by atoms with van der Waals surface area (Å²) in [4.78, 5) is 12.5. The van der Waals surface area contributed by atoms with Crippen LogP contribution in [-0.4, -0.2) is 53.5 Å². The number of carbonyl (C=O) groups is 1. The number of rotatable bonds is 11. The van der Waals surface area contributed by atoms with Gasteiger partial charge in [0.15, 0.2) is 22.5 Å². The fraction of sp³-hybridized carbons (Fsp3) is 0.185. The molecule has 0 unspecified atom stereocenters. The average molecular weight is 518 g/mol. The normalized spacial score (nSPS) is 10.9. The summed E-state index contributed by atoms with van der Waals surface area (Å²) in [5, 5.41) is 13.4. The number of para-hydroxylation sites is 2. The molecule has 4 rings (SSSR count). The molecule has 0 saturated carbocycles. The summed E-state index contributed by atoms with van der Waals surface area (Å²) in [5.41, 5.74) is 5.00. The van der Waals surface area contributed by atoms with Gasteiger partial charge in [-0.2, -0.15) is 5.10 Å². The highest BCUT2D eigenvalue weighted by molar-refractivity contribution is 7.99. The maximum Gasteiger partial charge on any atom is 0.250 e. The second-order valence-electron chi connectivity index (χ2n) is 7.60. The van der Waals surface area contributed by atoms with Crippen molar-refractivity contribution >= 4 is 23.9 Å². The molecule has 9 nitrogen and oxygen atoms in total. The summed E-state index contributed by atoms with van der Waals surface area (Å²) >= 11 is 1.26. The van der Waals surface area contributed by atoms with Crippen molar-refractivity contribution in [2.24, 2.45) is 5.10 Å². The second kappa shape index (κ2) is 12.6. The Morgan fingerprint density at radius 2 is 1.73 bits per heavy atom. The van der Waals surface area contributed by atoms with Crippen molar-refractivity contribution < 1.29 is 19.0 Å². The lowest BCUT2D eigenvalue weighted by atomic mass is 10.2. The number of nitrogens with one attached hydrogen (secondary N) is 1. The van der Waals surface area contributed by atoms with Crippen molar-refractivity contribution in [3.05, 3.63) is 78.4 Å². The first kappa shape index (κ1) is 25.8. The molecule has 0 aliphatic carbocycles. The molecule has 1 heterocycles. The monoisotopic (exact) mass is 517 g/mol. The predicted molar refractivity (Wildman–Crippen MR) is 144 cm³/mol. The summed E-state index contributed by atoms with van der Waals surface area (Å²) in [6.45, 7) is 2.46. The Hall–Kier alpha value is -4.31. The zero-order valence-corrected chi connectivity index (χ0v) is 21.6. The molecular weight excluding hydrogens is 490 g/mol. The van der Waals surface area contributed by atoms with Crippen molar-refractivity contribution in [3.63, 3.8) is 0 Å². The summed E-state index contributed by atoms with van der Waals surface area (Å²) < 4.78 is 18.3. The van der Waals surface area contributed by atoms with Crippen LogP contribution < -0.4 is 19.6 Å². The third kappa shape index (κ3) is 6.28. The van der Waals surface area contributed by atoms with E-state index in [-0.39, 0.29) is 11.7 Å². The van der Waals surface area contributed by atoms with E-state index in [0.717, 1.165) is 16.8 Å². The fourth-order valence-electron chi connectivity index (χ4n) is 3.55. The van der Waals surface area contributed by atoms with Crippen LogP contribution in [-0.2, 0) is 4.79 Å². The van der Waals surface area contributed by atoms with Crippen LogP contribution in [0.1, 0.15) is 12.5 Å². The summed E-state index contributed by atoms with van der Waals surface area (Å²) in [6, 6.07) is 22.8. The van der Waals surface area contributed by atoms with Crippen molar-refractivity contribution in [1.82, 2.24) is 20.2 Å². The lowest BCUT2D eigenvalue weighted by molar-refractivity contribution is -0.118. The lowest BCUT2D eigenvalue weighted by Gasteiger charge is -2.12. The van der Waals surface area contributed by atoms with Gasteiger partial charge in [0.25, 0.3) is 5.91 Å². The van der Waals surface area contributed by atoms with E-state index in [1.54, 1.807) is 20.4 Å². The van der Waals surface area contributed by atoms with Crippen molar-refractivity contribution in [1.29, 1.82) is 0 Å². The number of methoxy groups -OCH3 is 2. The van der Waals surface area contributed by atoms with E-state index in [4.69, 9.17) is 14.2 Å².